The molecule has 0 saturated carbocycles. The molecule has 1 N–H and O–H groups in total. The molecule has 132 valence electrons. The third-order valence-corrected chi connectivity index (χ3v) is 8.02. The zero-order valence-corrected chi connectivity index (χ0v) is 14.6. The number of benzene rings is 1. The van der Waals surface area contributed by atoms with Gasteiger partial charge in [-0.15, -0.1) is 0 Å². The smallest absolute Gasteiger partial charge is 0.258 e. The van der Waals surface area contributed by atoms with Crippen LogP contribution in [0, 0.1) is 0 Å². The summed E-state index contributed by atoms with van der Waals surface area (Å²) in [6.07, 6.45) is 2.99. The number of amides is 1. The van der Waals surface area contributed by atoms with E-state index in [1.807, 2.05) is 0 Å². The Kier molecular flexibility index (Phi) is 4.56. The van der Waals surface area contributed by atoms with E-state index in [2.05, 4.69) is 15.3 Å². The number of hydrogen-bond acceptors (Lipinski definition) is 7. The molecular formula is C15H15N3O5S2. The van der Waals surface area contributed by atoms with Crippen molar-refractivity contribution >= 4 is 31.5 Å². The molecule has 25 heavy (non-hydrogen) atoms. The second kappa shape index (κ2) is 6.52. The number of nitrogens with one attached hydrogen (secondary N) is 1. The van der Waals surface area contributed by atoms with Crippen LogP contribution in [0.2, 0.25) is 0 Å². The van der Waals surface area contributed by atoms with Crippen LogP contribution in [-0.4, -0.2) is 49.5 Å². The van der Waals surface area contributed by atoms with Crippen LogP contribution in [0.4, 0.5) is 5.95 Å². The first-order valence-electron chi connectivity index (χ1n) is 7.41. The summed E-state index contributed by atoms with van der Waals surface area (Å²) in [7, 11) is -7.16. The van der Waals surface area contributed by atoms with Crippen molar-refractivity contribution in [3.8, 4) is 0 Å². The summed E-state index contributed by atoms with van der Waals surface area (Å²) in [6.45, 7) is 0. The fourth-order valence-electron chi connectivity index (χ4n) is 2.55. The van der Waals surface area contributed by atoms with E-state index in [9.17, 15) is 21.6 Å². The molecule has 8 nitrogen and oxygen atoms in total. The Balaban J connectivity index is 1.85. The van der Waals surface area contributed by atoms with Gasteiger partial charge in [-0.2, -0.15) is 0 Å². The average molecular weight is 381 g/mol. The van der Waals surface area contributed by atoms with Crippen LogP contribution in [0.15, 0.2) is 47.6 Å². The standard InChI is InChI=1S/C15H15N3O5S2/c19-14(18-15-16-6-2-7-17-15)11-3-1-4-12(9-11)25(22,23)13-5-8-24(20,21)10-13/h1-4,6-7,9,13H,5,8,10H2,(H,16,17,18,19). The van der Waals surface area contributed by atoms with Crippen LogP contribution >= 0.6 is 0 Å². The van der Waals surface area contributed by atoms with Crippen LogP contribution in [-0.2, 0) is 19.7 Å². The molecule has 0 aliphatic carbocycles. The minimum Gasteiger partial charge on any atom is -0.290 e. The highest BCUT2D eigenvalue weighted by molar-refractivity contribution is 7.96. The van der Waals surface area contributed by atoms with Crippen molar-refractivity contribution < 1.29 is 21.6 Å². The third-order valence-electron chi connectivity index (χ3n) is 3.85. The van der Waals surface area contributed by atoms with Gasteiger partial charge in [0.2, 0.25) is 5.95 Å². The van der Waals surface area contributed by atoms with Crippen LogP contribution in [0.5, 0.6) is 0 Å². The summed E-state index contributed by atoms with van der Waals surface area (Å²) in [5, 5.41) is 1.49. The number of hydrogen-bond donors (Lipinski definition) is 1. The quantitative estimate of drug-likeness (QED) is 0.826. The van der Waals surface area contributed by atoms with Crippen molar-refractivity contribution in [2.75, 3.05) is 16.8 Å². The normalized spacial score (nSPS) is 19.4. The second-order valence-corrected chi connectivity index (χ2v) is 10.1. The van der Waals surface area contributed by atoms with Gasteiger partial charge < -0.3 is 0 Å². The van der Waals surface area contributed by atoms with E-state index in [1.165, 1.54) is 36.7 Å². The summed E-state index contributed by atoms with van der Waals surface area (Å²) in [4.78, 5) is 19.9. The van der Waals surface area contributed by atoms with E-state index >= 15 is 0 Å². The van der Waals surface area contributed by atoms with Crippen LogP contribution in [0.3, 0.4) is 0 Å². The van der Waals surface area contributed by atoms with Gasteiger partial charge in [0, 0.05) is 18.0 Å². The minimum atomic E-state index is -3.83. The minimum absolute atomic E-state index is 0.0684. The molecule has 10 heteroatoms. The molecule has 3 rings (SSSR count). The topological polar surface area (TPSA) is 123 Å². The predicted octanol–water partition coefficient (Wildman–Crippen LogP) is 0.690. The SMILES string of the molecule is O=C(Nc1ncccn1)c1cccc(S(=O)(=O)C2CCS(=O)(=O)C2)c1. The van der Waals surface area contributed by atoms with Gasteiger partial charge >= 0.3 is 0 Å². The van der Waals surface area contributed by atoms with Crippen molar-refractivity contribution in [1.29, 1.82) is 0 Å². The van der Waals surface area contributed by atoms with Gasteiger partial charge in [0.25, 0.3) is 5.91 Å². The molecule has 0 radical (unpaired) electrons. The van der Waals surface area contributed by atoms with Gasteiger partial charge in [0.05, 0.1) is 21.7 Å². The number of rotatable bonds is 4. The highest BCUT2D eigenvalue weighted by atomic mass is 32.2. The molecule has 2 heterocycles. The summed E-state index contributed by atoms with van der Waals surface area (Å²) in [5.41, 5.74) is 0.120. The maximum Gasteiger partial charge on any atom is 0.258 e. The molecule has 1 amide bonds. The first-order chi connectivity index (χ1) is 11.8. The van der Waals surface area contributed by atoms with Gasteiger partial charge in [-0.3, -0.25) is 10.1 Å². The highest BCUT2D eigenvalue weighted by Gasteiger charge is 2.38. The first-order valence-corrected chi connectivity index (χ1v) is 10.8. The van der Waals surface area contributed by atoms with Crippen LogP contribution in [0.25, 0.3) is 0 Å². The molecule has 1 aliphatic heterocycles. The molecule has 1 aromatic heterocycles. The molecule has 1 unspecified atom stereocenters. The van der Waals surface area contributed by atoms with Crippen LogP contribution < -0.4 is 5.32 Å². The van der Waals surface area contributed by atoms with E-state index in [0.717, 1.165) is 0 Å². The van der Waals surface area contributed by atoms with E-state index in [0.29, 0.717) is 0 Å². The number of sulfone groups is 2. The molecular weight excluding hydrogens is 366 g/mol. The fourth-order valence-corrected chi connectivity index (χ4v) is 6.95. The third kappa shape index (κ3) is 3.85. The Labute approximate surface area is 145 Å². The average Bonchev–Trinajstić information content (AvgIpc) is 2.96. The van der Waals surface area contributed by atoms with E-state index in [-0.39, 0.29) is 34.3 Å². The molecule has 1 saturated heterocycles. The fraction of sp³-hybridized carbons (Fsp3) is 0.267. The highest BCUT2D eigenvalue weighted by Crippen LogP contribution is 2.26. The van der Waals surface area contributed by atoms with Crippen molar-refractivity contribution in [3.63, 3.8) is 0 Å². The Morgan fingerprint density at radius 1 is 1.16 bits per heavy atom. The summed E-state index contributed by atoms with van der Waals surface area (Å²) >= 11 is 0. The monoisotopic (exact) mass is 381 g/mol. The Morgan fingerprint density at radius 2 is 1.88 bits per heavy atom. The lowest BCUT2D eigenvalue weighted by Gasteiger charge is -2.11. The zero-order chi connectivity index (χ0) is 18.1. The summed E-state index contributed by atoms with van der Waals surface area (Å²) in [5.74, 6) is -0.976. The lowest BCUT2D eigenvalue weighted by Crippen LogP contribution is -2.23. The van der Waals surface area contributed by atoms with Gasteiger partial charge in [-0.1, -0.05) is 6.07 Å². The number of carbonyl (C=O) groups excluding carboxylic acids is 1. The van der Waals surface area contributed by atoms with Crippen molar-refractivity contribution in [2.24, 2.45) is 0 Å². The zero-order valence-electron chi connectivity index (χ0n) is 13.0. The lowest BCUT2D eigenvalue weighted by molar-refractivity contribution is 0.102. The molecule has 0 bridgehead atoms. The van der Waals surface area contributed by atoms with E-state index in [4.69, 9.17) is 0 Å². The van der Waals surface area contributed by atoms with E-state index < -0.39 is 30.8 Å². The van der Waals surface area contributed by atoms with Gasteiger partial charge in [-0.25, -0.2) is 26.8 Å². The number of anilines is 1. The van der Waals surface area contributed by atoms with Crippen molar-refractivity contribution in [2.45, 2.75) is 16.6 Å². The van der Waals surface area contributed by atoms with Crippen molar-refractivity contribution in [3.05, 3.63) is 48.3 Å². The molecule has 1 atom stereocenters. The van der Waals surface area contributed by atoms with Crippen molar-refractivity contribution in [1.82, 2.24) is 9.97 Å². The maximum atomic E-state index is 12.6. The summed E-state index contributed by atoms with van der Waals surface area (Å²) in [6, 6.07) is 7.09. The Bertz CT molecular complexity index is 1000. The number of carbonyl (C=O) groups is 1. The molecule has 1 fully saturated rings. The lowest BCUT2D eigenvalue weighted by atomic mass is 10.2. The predicted molar refractivity (Wildman–Crippen MR) is 90.7 cm³/mol. The second-order valence-electron chi connectivity index (χ2n) is 5.62. The Morgan fingerprint density at radius 3 is 2.52 bits per heavy atom. The first kappa shape index (κ1) is 17.5. The van der Waals surface area contributed by atoms with E-state index in [1.54, 1.807) is 6.07 Å². The summed E-state index contributed by atoms with van der Waals surface area (Å²) < 4.78 is 48.4. The van der Waals surface area contributed by atoms with Gasteiger partial charge in [0.15, 0.2) is 19.7 Å². The Hall–Kier alpha value is -2.33. The van der Waals surface area contributed by atoms with Gasteiger partial charge in [-0.05, 0) is 30.7 Å². The molecule has 1 aliphatic rings. The molecule has 0 spiro atoms. The number of nitrogens with zero attached hydrogens (tertiary/aromatic N) is 2. The molecule has 2 aromatic rings. The maximum absolute atomic E-state index is 12.6. The van der Waals surface area contributed by atoms with Crippen LogP contribution in [0.1, 0.15) is 16.8 Å². The largest absolute Gasteiger partial charge is 0.290 e. The molecule has 1 aromatic carbocycles. The van der Waals surface area contributed by atoms with Gasteiger partial charge in [0.1, 0.15) is 0 Å². The number of aromatic nitrogens is 2.